The van der Waals surface area contributed by atoms with Crippen molar-refractivity contribution < 1.29 is 14.3 Å². The number of carbonyl (C=O) groups excluding carboxylic acids is 2. The standard InChI is InChI=1S/C20H24N2O3/c1-4-15-9-11-16(12-10-15)14(2)22-19(23)13-25-20(24)17-7-5-6-8-18(17)21-3/h5-12,14,21H,4,13H2,1-3H3,(H,22,23)/t14-/m0/s1. The summed E-state index contributed by atoms with van der Waals surface area (Å²) in [5, 5.41) is 5.76. The van der Waals surface area contributed by atoms with Crippen LogP contribution in [0.1, 0.15) is 41.4 Å². The van der Waals surface area contributed by atoms with Crippen molar-refractivity contribution in [3.05, 3.63) is 65.2 Å². The molecule has 5 nitrogen and oxygen atoms in total. The number of aryl methyl sites for hydroxylation is 1. The maximum absolute atomic E-state index is 12.1. The number of esters is 1. The van der Waals surface area contributed by atoms with E-state index in [9.17, 15) is 9.59 Å². The van der Waals surface area contributed by atoms with E-state index in [2.05, 4.69) is 17.6 Å². The molecule has 0 aliphatic heterocycles. The number of anilines is 1. The Bertz CT molecular complexity index is 726. The summed E-state index contributed by atoms with van der Waals surface area (Å²) in [6.07, 6.45) is 0.977. The van der Waals surface area contributed by atoms with E-state index >= 15 is 0 Å². The maximum Gasteiger partial charge on any atom is 0.340 e. The van der Waals surface area contributed by atoms with Gasteiger partial charge in [-0.1, -0.05) is 43.3 Å². The molecule has 2 aromatic rings. The van der Waals surface area contributed by atoms with Crippen LogP contribution in [-0.2, 0) is 16.0 Å². The highest BCUT2D eigenvalue weighted by Crippen LogP contribution is 2.16. The van der Waals surface area contributed by atoms with Gasteiger partial charge in [-0.25, -0.2) is 4.79 Å². The zero-order chi connectivity index (χ0) is 18.2. The fourth-order valence-electron chi connectivity index (χ4n) is 2.50. The number of hydrogen-bond acceptors (Lipinski definition) is 4. The van der Waals surface area contributed by atoms with Crippen LogP contribution in [0.5, 0.6) is 0 Å². The third-order valence-electron chi connectivity index (χ3n) is 4.02. The summed E-state index contributed by atoms with van der Waals surface area (Å²) in [5.74, 6) is -0.859. The normalized spacial score (nSPS) is 11.5. The van der Waals surface area contributed by atoms with Crippen LogP contribution in [-0.4, -0.2) is 25.5 Å². The molecule has 0 saturated heterocycles. The van der Waals surface area contributed by atoms with Crippen LogP contribution in [0, 0.1) is 0 Å². The summed E-state index contributed by atoms with van der Waals surface area (Å²) in [6, 6.07) is 14.9. The second-order valence-electron chi connectivity index (χ2n) is 5.76. The topological polar surface area (TPSA) is 67.4 Å². The van der Waals surface area contributed by atoms with Crippen molar-refractivity contribution in [3.63, 3.8) is 0 Å². The third kappa shape index (κ3) is 5.08. The minimum absolute atomic E-state index is 0.151. The van der Waals surface area contributed by atoms with Gasteiger partial charge in [-0.15, -0.1) is 0 Å². The predicted molar refractivity (Wildman–Crippen MR) is 98.6 cm³/mol. The van der Waals surface area contributed by atoms with Crippen LogP contribution in [0.2, 0.25) is 0 Å². The highest BCUT2D eigenvalue weighted by molar-refractivity contribution is 5.96. The zero-order valence-electron chi connectivity index (χ0n) is 14.8. The molecule has 1 atom stereocenters. The first-order chi connectivity index (χ1) is 12.0. The molecule has 1 amide bonds. The van der Waals surface area contributed by atoms with Crippen molar-refractivity contribution in [2.45, 2.75) is 26.3 Å². The number of para-hydroxylation sites is 1. The van der Waals surface area contributed by atoms with Gasteiger partial charge < -0.3 is 15.4 Å². The largest absolute Gasteiger partial charge is 0.452 e. The second kappa shape index (κ2) is 8.87. The van der Waals surface area contributed by atoms with Crippen molar-refractivity contribution in [1.82, 2.24) is 5.32 Å². The molecule has 0 fully saturated rings. The highest BCUT2D eigenvalue weighted by Gasteiger charge is 2.15. The smallest absolute Gasteiger partial charge is 0.340 e. The third-order valence-corrected chi connectivity index (χ3v) is 4.02. The first kappa shape index (κ1) is 18.5. The van der Waals surface area contributed by atoms with Crippen molar-refractivity contribution in [2.75, 3.05) is 19.0 Å². The quantitative estimate of drug-likeness (QED) is 0.759. The Kier molecular flexibility index (Phi) is 6.57. The summed E-state index contributed by atoms with van der Waals surface area (Å²) in [7, 11) is 1.73. The van der Waals surface area contributed by atoms with E-state index < -0.39 is 5.97 Å². The number of rotatable bonds is 7. The second-order valence-corrected chi connectivity index (χ2v) is 5.76. The molecule has 0 unspecified atom stereocenters. The van der Waals surface area contributed by atoms with Gasteiger partial charge in [0.1, 0.15) is 0 Å². The molecular weight excluding hydrogens is 316 g/mol. The van der Waals surface area contributed by atoms with Gasteiger partial charge in [0.2, 0.25) is 0 Å². The summed E-state index contributed by atoms with van der Waals surface area (Å²) in [4.78, 5) is 24.1. The monoisotopic (exact) mass is 340 g/mol. The Morgan fingerprint density at radius 2 is 1.76 bits per heavy atom. The Balaban J connectivity index is 1.88. The van der Waals surface area contributed by atoms with E-state index in [0.717, 1.165) is 12.0 Å². The van der Waals surface area contributed by atoms with Crippen molar-refractivity contribution in [3.8, 4) is 0 Å². The number of nitrogens with one attached hydrogen (secondary N) is 2. The molecule has 0 aliphatic carbocycles. The molecule has 2 aromatic carbocycles. The van der Waals surface area contributed by atoms with E-state index in [1.807, 2.05) is 37.3 Å². The lowest BCUT2D eigenvalue weighted by atomic mass is 10.1. The number of amides is 1. The summed E-state index contributed by atoms with van der Waals surface area (Å²) in [5.41, 5.74) is 3.33. The van der Waals surface area contributed by atoms with Gasteiger partial charge in [0.15, 0.2) is 6.61 Å². The first-order valence-corrected chi connectivity index (χ1v) is 8.37. The van der Waals surface area contributed by atoms with E-state index in [1.54, 1.807) is 25.2 Å². The summed E-state index contributed by atoms with van der Waals surface area (Å²) >= 11 is 0. The Morgan fingerprint density at radius 1 is 1.08 bits per heavy atom. The van der Waals surface area contributed by atoms with Gasteiger partial charge in [-0.2, -0.15) is 0 Å². The molecule has 2 rings (SSSR count). The average molecular weight is 340 g/mol. The van der Waals surface area contributed by atoms with Crippen LogP contribution < -0.4 is 10.6 Å². The van der Waals surface area contributed by atoms with Crippen LogP contribution in [0.25, 0.3) is 0 Å². The number of hydrogen-bond donors (Lipinski definition) is 2. The van der Waals surface area contributed by atoms with Crippen LogP contribution in [0.4, 0.5) is 5.69 Å². The molecule has 2 N–H and O–H groups in total. The molecule has 0 aliphatic rings. The van der Waals surface area contributed by atoms with Crippen molar-refractivity contribution >= 4 is 17.6 Å². The lowest BCUT2D eigenvalue weighted by molar-refractivity contribution is -0.124. The Morgan fingerprint density at radius 3 is 2.40 bits per heavy atom. The molecule has 0 heterocycles. The van der Waals surface area contributed by atoms with Crippen molar-refractivity contribution in [2.24, 2.45) is 0 Å². The van der Waals surface area contributed by atoms with Crippen molar-refractivity contribution in [1.29, 1.82) is 0 Å². The fourth-order valence-corrected chi connectivity index (χ4v) is 2.50. The zero-order valence-corrected chi connectivity index (χ0v) is 14.8. The Labute approximate surface area is 148 Å². The van der Waals surface area contributed by atoms with Crippen LogP contribution in [0.15, 0.2) is 48.5 Å². The SMILES string of the molecule is CCc1ccc([C@H](C)NC(=O)COC(=O)c2ccccc2NC)cc1. The van der Waals surface area contributed by atoms with Gasteiger partial charge >= 0.3 is 5.97 Å². The lowest BCUT2D eigenvalue weighted by Gasteiger charge is -2.15. The lowest BCUT2D eigenvalue weighted by Crippen LogP contribution is -2.31. The van der Waals surface area contributed by atoms with Gasteiger partial charge in [-0.3, -0.25) is 4.79 Å². The molecule has 0 spiro atoms. The molecule has 0 aromatic heterocycles. The fraction of sp³-hybridized carbons (Fsp3) is 0.300. The highest BCUT2D eigenvalue weighted by atomic mass is 16.5. The molecule has 0 bridgehead atoms. The first-order valence-electron chi connectivity index (χ1n) is 8.37. The van der Waals surface area contributed by atoms with Gasteiger partial charge in [0, 0.05) is 12.7 Å². The number of carbonyl (C=O) groups is 2. The van der Waals surface area contributed by atoms with E-state index in [1.165, 1.54) is 5.56 Å². The summed E-state index contributed by atoms with van der Waals surface area (Å²) < 4.78 is 5.11. The van der Waals surface area contributed by atoms with Gasteiger partial charge in [0.25, 0.3) is 5.91 Å². The summed E-state index contributed by atoms with van der Waals surface area (Å²) in [6.45, 7) is 3.69. The van der Waals surface area contributed by atoms with Crippen LogP contribution in [0.3, 0.4) is 0 Å². The average Bonchev–Trinajstić information content (AvgIpc) is 2.66. The van der Waals surface area contributed by atoms with Crippen LogP contribution >= 0.6 is 0 Å². The van der Waals surface area contributed by atoms with Gasteiger partial charge in [-0.05, 0) is 36.6 Å². The van der Waals surface area contributed by atoms with Gasteiger partial charge in [0.05, 0.1) is 11.6 Å². The van der Waals surface area contributed by atoms with E-state index in [0.29, 0.717) is 11.3 Å². The number of benzene rings is 2. The Hall–Kier alpha value is -2.82. The maximum atomic E-state index is 12.1. The predicted octanol–water partition coefficient (Wildman–Crippen LogP) is 3.32. The molecule has 5 heteroatoms. The van der Waals surface area contributed by atoms with E-state index in [-0.39, 0.29) is 18.6 Å². The molecule has 25 heavy (non-hydrogen) atoms. The molecule has 0 saturated carbocycles. The number of ether oxygens (including phenoxy) is 1. The molecule has 0 radical (unpaired) electrons. The molecule has 132 valence electrons. The minimum Gasteiger partial charge on any atom is -0.452 e. The molecular formula is C20H24N2O3. The van der Waals surface area contributed by atoms with E-state index in [4.69, 9.17) is 4.74 Å². The minimum atomic E-state index is -0.528.